The predicted molar refractivity (Wildman–Crippen MR) is 86.9 cm³/mol. The second-order valence-electron chi connectivity index (χ2n) is 5.23. The summed E-state index contributed by atoms with van der Waals surface area (Å²) in [7, 11) is -3.90. The molecule has 0 saturated heterocycles. The van der Waals surface area contributed by atoms with Gasteiger partial charge >= 0.3 is 0 Å². The van der Waals surface area contributed by atoms with Crippen molar-refractivity contribution in [3.05, 3.63) is 46.9 Å². The van der Waals surface area contributed by atoms with Crippen LogP contribution in [0.1, 0.15) is 19.5 Å². The zero-order chi connectivity index (χ0) is 17.0. The molecule has 0 unspecified atom stereocenters. The standard InChI is InChI=1S/C15H18N4O3S/c1-10(2)14(20)18-12-4-6-13(7-5-12)23(21,22)19-15-16-9-8-11(3)17-15/h4-10H,1-3H3,(H2,16,17,18,19,20)/p-1. The summed E-state index contributed by atoms with van der Waals surface area (Å²) in [6, 6.07) is 7.44. The Morgan fingerprint density at radius 1 is 1.17 bits per heavy atom. The molecule has 1 aromatic heterocycles. The van der Waals surface area contributed by atoms with E-state index in [1.807, 2.05) is 0 Å². The molecule has 0 atom stereocenters. The number of benzene rings is 1. The number of carbonyl (C=O) groups is 1. The minimum Gasteiger partial charge on any atom is -0.366 e. The molecular formula is C15H17N4O3S-. The molecule has 0 spiro atoms. The van der Waals surface area contributed by atoms with Crippen molar-refractivity contribution in [3.8, 4) is 0 Å². The van der Waals surface area contributed by atoms with Crippen molar-refractivity contribution in [2.45, 2.75) is 25.7 Å². The second kappa shape index (κ2) is 6.74. The van der Waals surface area contributed by atoms with Crippen molar-refractivity contribution in [3.63, 3.8) is 0 Å². The molecule has 1 heterocycles. The highest BCUT2D eigenvalue weighted by Gasteiger charge is 2.13. The molecule has 8 heteroatoms. The van der Waals surface area contributed by atoms with Crippen LogP contribution in [0.3, 0.4) is 0 Å². The van der Waals surface area contributed by atoms with E-state index in [4.69, 9.17) is 0 Å². The van der Waals surface area contributed by atoms with Gasteiger partial charge in [0, 0.05) is 17.6 Å². The summed E-state index contributed by atoms with van der Waals surface area (Å²) < 4.78 is 28.0. The molecule has 7 nitrogen and oxygen atoms in total. The van der Waals surface area contributed by atoms with Crippen molar-refractivity contribution in [1.29, 1.82) is 0 Å². The third kappa shape index (κ3) is 4.49. The van der Waals surface area contributed by atoms with E-state index < -0.39 is 10.0 Å². The molecule has 1 N–H and O–H groups in total. The van der Waals surface area contributed by atoms with E-state index in [9.17, 15) is 13.2 Å². The summed E-state index contributed by atoms with van der Waals surface area (Å²) in [5.74, 6) is -0.410. The number of aromatic nitrogens is 2. The zero-order valence-corrected chi connectivity index (χ0v) is 13.8. The summed E-state index contributed by atoms with van der Waals surface area (Å²) in [6.07, 6.45) is 1.45. The number of hydrogen-bond donors (Lipinski definition) is 1. The van der Waals surface area contributed by atoms with Gasteiger partial charge in [-0.25, -0.2) is 8.42 Å². The molecule has 0 saturated carbocycles. The van der Waals surface area contributed by atoms with Gasteiger partial charge in [-0.15, -0.1) is 0 Å². The van der Waals surface area contributed by atoms with E-state index in [-0.39, 0.29) is 22.7 Å². The van der Waals surface area contributed by atoms with Crippen molar-refractivity contribution >= 4 is 27.6 Å². The molecule has 0 aliphatic heterocycles. The SMILES string of the molecule is Cc1ccnc([N-]S(=O)(=O)c2ccc(NC(=O)C(C)C)cc2)n1. The van der Waals surface area contributed by atoms with Crippen LogP contribution in [0.4, 0.5) is 11.6 Å². The van der Waals surface area contributed by atoms with Crippen LogP contribution in [0, 0.1) is 12.8 Å². The van der Waals surface area contributed by atoms with Crippen LogP contribution in [0.2, 0.25) is 0 Å². The molecule has 0 bridgehead atoms. The van der Waals surface area contributed by atoms with E-state index in [0.29, 0.717) is 11.4 Å². The van der Waals surface area contributed by atoms with E-state index in [0.717, 1.165) is 0 Å². The minimum absolute atomic E-state index is 0.00477. The molecule has 0 aliphatic carbocycles. The first kappa shape index (κ1) is 16.9. The van der Waals surface area contributed by atoms with Gasteiger partial charge in [-0.3, -0.25) is 9.52 Å². The first-order valence-corrected chi connectivity index (χ1v) is 8.40. The van der Waals surface area contributed by atoms with Gasteiger partial charge in [0.1, 0.15) is 0 Å². The fraction of sp³-hybridized carbons (Fsp3) is 0.267. The van der Waals surface area contributed by atoms with E-state index >= 15 is 0 Å². The van der Waals surface area contributed by atoms with Crippen molar-refractivity contribution in [1.82, 2.24) is 9.97 Å². The number of nitrogens with one attached hydrogen (secondary N) is 1. The molecule has 1 amide bonds. The lowest BCUT2D eigenvalue weighted by atomic mass is 10.2. The average Bonchev–Trinajstić information content (AvgIpc) is 2.47. The first-order valence-electron chi connectivity index (χ1n) is 6.96. The van der Waals surface area contributed by atoms with Crippen molar-refractivity contribution in [2.75, 3.05) is 5.32 Å². The number of anilines is 1. The Hall–Kier alpha value is -2.48. The number of amides is 1. The first-order chi connectivity index (χ1) is 10.8. The number of hydrogen-bond acceptors (Lipinski definition) is 5. The highest BCUT2D eigenvalue weighted by molar-refractivity contribution is 7.94. The van der Waals surface area contributed by atoms with Gasteiger partial charge in [-0.05, 0) is 43.1 Å². The van der Waals surface area contributed by atoms with Gasteiger partial charge in [-0.2, -0.15) is 0 Å². The Morgan fingerprint density at radius 2 is 1.83 bits per heavy atom. The van der Waals surface area contributed by atoms with Gasteiger partial charge in [0.05, 0.1) is 4.90 Å². The van der Waals surface area contributed by atoms with E-state index in [1.54, 1.807) is 26.8 Å². The number of carbonyl (C=O) groups excluding carboxylic acids is 1. The fourth-order valence-electron chi connectivity index (χ4n) is 1.64. The number of rotatable bonds is 5. The quantitative estimate of drug-likeness (QED) is 0.906. The normalized spacial score (nSPS) is 11.3. The summed E-state index contributed by atoms with van der Waals surface area (Å²) in [5.41, 5.74) is 1.15. The maximum Gasteiger partial charge on any atom is 0.229 e. The van der Waals surface area contributed by atoms with Crippen LogP contribution >= 0.6 is 0 Å². The van der Waals surface area contributed by atoms with Crippen LogP contribution in [0.25, 0.3) is 4.72 Å². The third-order valence-corrected chi connectivity index (χ3v) is 4.20. The van der Waals surface area contributed by atoms with Gasteiger partial charge in [0.25, 0.3) is 0 Å². The molecule has 0 aliphatic rings. The van der Waals surface area contributed by atoms with Crippen LogP contribution in [-0.4, -0.2) is 24.3 Å². The smallest absolute Gasteiger partial charge is 0.229 e. The van der Waals surface area contributed by atoms with Gasteiger partial charge < -0.3 is 15.3 Å². The minimum atomic E-state index is -3.90. The van der Waals surface area contributed by atoms with E-state index in [2.05, 4.69) is 20.0 Å². The Balaban J connectivity index is 2.16. The third-order valence-electron chi connectivity index (χ3n) is 2.93. The van der Waals surface area contributed by atoms with E-state index in [1.165, 1.54) is 30.5 Å². The molecule has 0 radical (unpaired) electrons. The molecular weight excluding hydrogens is 316 g/mol. The lowest BCUT2D eigenvalue weighted by molar-refractivity contribution is -0.118. The largest absolute Gasteiger partial charge is 0.366 e. The topological polar surface area (TPSA) is 103 Å². The second-order valence-corrected chi connectivity index (χ2v) is 6.84. The lowest BCUT2D eigenvalue weighted by Crippen LogP contribution is -2.17. The Kier molecular flexibility index (Phi) is 4.95. The van der Waals surface area contributed by atoms with Crippen molar-refractivity contribution < 1.29 is 13.2 Å². The predicted octanol–water partition coefficient (Wildman–Crippen LogP) is 2.77. The summed E-state index contributed by atoms with van der Waals surface area (Å²) in [6.45, 7) is 5.27. The molecule has 23 heavy (non-hydrogen) atoms. The molecule has 0 fully saturated rings. The van der Waals surface area contributed by atoms with Crippen molar-refractivity contribution in [2.24, 2.45) is 5.92 Å². The van der Waals surface area contributed by atoms with Gasteiger partial charge in [0.2, 0.25) is 15.9 Å². The number of aryl methyl sites for hydroxylation is 1. The van der Waals surface area contributed by atoms with Crippen LogP contribution in [0.15, 0.2) is 41.4 Å². The van der Waals surface area contributed by atoms with Crippen LogP contribution in [-0.2, 0) is 14.8 Å². The number of sulfonamides is 1. The van der Waals surface area contributed by atoms with Crippen LogP contribution < -0.4 is 5.32 Å². The summed E-state index contributed by atoms with van der Waals surface area (Å²) >= 11 is 0. The molecule has 2 rings (SSSR count). The molecule has 122 valence electrons. The van der Waals surface area contributed by atoms with Crippen LogP contribution in [0.5, 0.6) is 0 Å². The van der Waals surface area contributed by atoms with Gasteiger partial charge in [0.15, 0.2) is 0 Å². The lowest BCUT2D eigenvalue weighted by Gasteiger charge is -2.14. The summed E-state index contributed by atoms with van der Waals surface area (Å²) in [4.78, 5) is 19.4. The van der Waals surface area contributed by atoms with Gasteiger partial charge in [-0.1, -0.05) is 19.9 Å². The fourth-order valence-corrected chi connectivity index (χ4v) is 2.53. The monoisotopic (exact) mass is 333 g/mol. The Morgan fingerprint density at radius 3 is 2.39 bits per heavy atom. The zero-order valence-electron chi connectivity index (χ0n) is 13.0. The Bertz CT molecular complexity index is 802. The maximum atomic E-state index is 12.2. The Labute approximate surface area is 135 Å². The molecule has 1 aromatic carbocycles. The highest BCUT2D eigenvalue weighted by Crippen LogP contribution is 2.25. The average molecular weight is 333 g/mol. The number of nitrogens with zero attached hydrogens (tertiary/aromatic N) is 3. The highest BCUT2D eigenvalue weighted by atomic mass is 32.2. The maximum absolute atomic E-state index is 12.2. The summed E-state index contributed by atoms with van der Waals surface area (Å²) in [5, 5.41) is 2.69. The molecule has 2 aromatic rings.